The average Bonchev–Trinajstić information content (AvgIpc) is 3.19. The standard InChI is InChI=1S/C21H28N4O6S/c1-22-20(26)13-32(28,29)15-7-9-25(10-8-15)21(27)18-12-17(23-24(18)2)16-11-14(30-3)5-6-19(16)31-4/h5-6,11-12,15H,7-10,13H2,1-4H3,(H,22,26). The van der Waals surface area contributed by atoms with Crippen LogP contribution in [0.5, 0.6) is 11.5 Å². The molecule has 0 aliphatic carbocycles. The van der Waals surface area contributed by atoms with Gasteiger partial charge < -0.3 is 19.7 Å². The molecule has 1 aromatic heterocycles. The molecule has 1 N–H and O–H groups in total. The molecule has 3 rings (SSSR count). The second-order valence-corrected chi connectivity index (χ2v) is 9.86. The summed E-state index contributed by atoms with van der Waals surface area (Å²) < 4.78 is 37.1. The Morgan fingerprint density at radius 2 is 1.84 bits per heavy atom. The van der Waals surface area contributed by atoms with Gasteiger partial charge >= 0.3 is 0 Å². The number of hydrogen-bond acceptors (Lipinski definition) is 7. The van der Waals surface area contributed by atoms with E-state index < -0.39 is 26.7 Å². The lowest BCUT2D eigenvalue weighted by molar-refractivity contribution is -0.118. The first-order valence-electron chi connectivity index (χ1n) is 10.2. The van der Waals surface area contributed by atoms with Crippen molar-refractivity contribution in [1.82, 2.24) is 20.0 Å². The summed E-state index contributed by atoms with van der Waals surface area (Å²) >= 11 is 0. The molecule has 11 heteroatoms. The number of hydrogen-bond donors (Lipinski definition) is 1. The molecule has 0 atom stereocenters. The van der Waals surface area contributed by atoms with Crippen molar-refractivity contribution in [2.24, 2.45) is 7.05 Å². The number of likely N-dealkylation sites (tertiary alicyclic amines) is 1. The van der Waals surface area contributed by atoms with E-state index >= 15 is 0 Å². The maximum absolute atomic E-state index is 13.1. The lowest BCUT2D eigenvalue weighted by Gasteiger charge is -2.31. The van der Waals surface area contributed by atoms with Crippen LogP contribution in [0.4, 0.5) is 0 Å². The van der Waals surface area contributed by atoms with Gasteiger partial charge in [0, 0.05) is 32.7 Å². The van der Waals surface area contributed by atoms with Crippen LogP contribution in [-0.2, 0) is 21.7 Å². The monoisotopic (exact) mass is 464 g/mol. The maximum atomic E-state index is 13.1. The first-order valence-corrected chi connectivity index (χ1v) is 11.9. The third-order valence-electron chi connectivity index (χ3n) is 5.63. The van der Waals surface area contributed by atoms with E-state index in [0.717, 1.165) is 0 Å². The Morgan fingerprint density at radius 3 is 2.44 bits per heavy atom. The van der Waals surface area contributed by atoms with Gasteiger partial charge in [0.25, 0.3) is 5.91 Å². The molecular weight excluding hydrogens is 436 g/mol. The van der Waals surface area contributed by atoms with E-state index in [1.807, 2.05) is 0 Å². The maximum Gasteiger partial charge on any atom is 0.272 e. The molecule has 2 aromatic rings. The van der Waals surface area contributed by atoms with E-state index in [1.54, 1.807) is 50.4 Å². The Balaban J connectivity index is 1.75. The quantitative estimate of drug-likeness (QED) is 0.646. The highest BCUT2D eigenvalue weighted by Crippen LogP contribution is 2.33. The third kappa shape index (κ3) is 4.87. The van der Waals surface area contributed by atoms with Crippen molar-refractivity contribution in [3.8, 4) is 22.8 Å². The fraction of sp³-hybridized carbons (Fsp3) is 0.476. The lowest BCUT2D eigenvalue weighted by atomic mass is 10.1. The number of nitrogens with one attached hydrogen (secondary N) is 1. The molecule has 1 fully saturated rings. The molecule has 1 aliphatic rings. The molecule has 0 bridgehead atoms. The van der Waals surface area contributed by atoms with E-state index in [4.69, 9.17) is 9.47 Å². The van der Waals surface area contributed by atoms with Gasteiger partial charge in [-0.25, -0.2) is 8.42 Å². The number of amides is 2. The summed E-state index contributed by atoms with van der Waals surface area (Å²) in [4.78, 5) is 26.2. The summed E-state index contributed by atoms with van der Waals surface area (Å²) in [7, 11) is 2.66. The van der Waals surface area contributed by atoms with Gasteiger partial charge in [-0.1, -0.05) is 0 Å². The highest BCUT2D eigenvalue weighted by molar-refractivity contribution is 7.92. The number of carbonyl (C=O) groups is 2. The van der Waals surface area contributed by atoms with E-state index in [1.165, 1.54) is 11.7 Å². The molecule has 174 valence electrons. The van der Waals surface area contributed by atoms with Crippen molar-refractivity contribution in [1.29, 1.82) is 0 Å². The minimum absolute atomic E-state index is 0.227. The van der Waals surface area contributed by atoms with Crippen molar-refractivity contribution >= 4 is 21.7 Å². The van der Waals surface area contributed by atoms with Gasteiger partial charge in [-0.2, -0.15) is 5.10 Å². The van der Waals surface area contributed by atoms with Crippen LogP contribution in [0.25, 0.3) is 11.3 Å². The van der Waals surface area contributed by atoms with Gasteiger partial charge in [0.05, 0.1) is 25.2 Å². The predicted octanol–water partition coefficient (Wildman–Crippen LogP) is 0.870. The molecule has 2 heterocycles. The van der Waals surface area contributed by atoms with Crippen molar-refractivity contribution in [3.63, 3.8) is 0 Å². The van der Waals surface area contributed by atoms with Gasteiger partial charge in [0.15, 0.2) is 9.84 Å². The Kier molecular flexibility index (Phi) is 7.07. The fourth-order valence-corrected chi connectivity index (χ4v) is 5.44. The summed E-state index contributed by atoms with van der Waals surface area (Å²) in [5, 5.41) is 6.17. The van der Waals surface area contributed by atoms with E-state index in [2.05, 4.69) is 10.4 Å². The third-order valence-corrected chi connectivity index (χ3v) is 7.78. The van der Waals surface area contributed by atoms with Crippen molar-refractivity contribution in [2.75, 3.05) is 40.1 Å². The van der Waals surface area contributed by atoms with Crippen LogP contribution < -0.4 is 14.8 Å². The number of aryl methyl sites for hydroxylation is 1. The zero-order valence-corrected chi connectivity index (χ0v) is 19.4. The Labute approximate surface area is 187 Å². The molecule has 10 nitrogen and oxygen atoms in total. The zero-order chi connectivity index (χ0) is 23.5. The highest BCUT2D eigenvalue weighted by Gasteiger charge is 2.33. The van der Waals surface area contributed by atoms with Crippen LogP contribution >= 0.6 is 0 Å². The first kappa shape index (κ1) is 23.6. The second kappa shape index (κ2) is 9.60. The van der Waals surface area contributed by atoms with E-state index in [-0.39, 0.29) is 5.91 Å². The Bertz CT molecular complexity index is 1100. The number of benzene rings is 1. The largest absolute Gasteiger partial charge is 0.497 e. The van der Waals surface area contributed by atoms with Crippen LogP contribution in [-0.4, -0.2) is 80.3 Å². The minimum atomic E-state index is -3.56. The fourth-order valence-electron chi connectivity index (χ4n) is 3.77. The molecule has 1 aromatic carbocycles. The van der Waals surface area contributed by atoms with Crippen LogP contribution in [0, 0.1) is 0 Å². The van der Waals surface area contributed by atoms with Crippen LogP contribution in [0.3, 0.4) is 0 Å². The number of rotatable bonds is 7. The zero-order valence-electron chi connectivity index (χ0n) is 18.6. The van der Waals surface area contributed by atoms with Crippen molar-refractivity contribution < 1.29 is 27.5 Å². The van der Waals surface area contributed by atoms with Crippen LogP contribution in [0.2, 0.25) is 0 Å². The Morgan fingerprint density at radius 1 is 1.16 bits per heavy atom. The van der Waals surface area contributed by atoms with E-state index in [0.29, 0.717) is 54.4 Å². The van der Waals surface area contributed by atoms with Crippen molar-refractivity contribution in [3.05, 3.63) is 30.0 Å². The number of carbonyl (C=O) groups excluding carboxylic acids is 2. The van der Waals surface area contributed by atoms with Crippen molar-refractivity contribution in [2.45, 2.75) is 18.1 Å². The summed E-state index contributed by atoms with van der Waals surface area (Å²) in [6, 6.07) is 7.03. The molecule has 0 saturated carbocycles. The Hall–Kier alpha value is -3.08. The molecule has 0 radical (unpaired) electrons. The molecule has 0 spiro atoms. The first-order chi connectivity index (χ1) is 15.2. The van der Waals surface area contributed by atoms with Crippen LogP contribution in [0.1, 0.15) is 23.3 Å². The SMILES string of the molecule is CNC(=O)CS(=O)(=O)C1CCN(C(=O)c2cc(-c3cc(OC)ccc3OC)nn2C)CC1. The number of nitrogens with zero attached hydrogens (tertiary/aromatic N) is 3. The van der Waals surface area contributed by atoms with Gasteiger partial charge in [-0.3, -0.25) is 14.3 Å². The number of piperidine rings is 1. The molecule has 1 saturated heterocycles. The number of ether oxygens (including phenoxy) is 2. The molecular formula is C21H28N4O6S. The van der Waals surface area contributed by atoms with Gasteiger partial charge in [0.1, 0.15) is 22.9 Å². The van der Waals surface area contributed by atoms with Gasteiger partial charge in [0.2, 0.25) is 5.91 Å². The highest BCUT2D eigenvalue weighted by atomic mass is 32.2. The number of sulfone groups is 1. The lowest BCUT2D eigenvalue weighted by Crippen LogP contribution is -2.44. The molecule has 2 amide bonds. The number of methoxy groups -OCH3 is 2. The summed E-state index contributed by atoms with van der Waals surface area (Å²) in [6.45, 7) is 0.582. The molecule has 0 unspecified atom stereocenters. The summed E-state index contributed by atoms with van der Waals surface area (Å²) in [6.07, 6.45) is 0.582. The second-order valence-electron chi connectivity index (χ2n) is 7.58. The normalized spacial score (nSPS) is 14.8. The van der Waals surface area contributed by atoms with Gasteiger partial charge in [-0.15, -0.1) is 0 Å². The van der Waals surface area contributed by atoms with Gasteiger partial charge in [-0.05, 0) is 37.1 Å². The molecule has 32 heavy (non-hydrogen) atoms. The average molecular weight is 465 g/mol. The summed E-state index contributed by atoms with van der Waals surface area (Å²) in [5.41, 5.74) is 1.65. The summed E-state index contributed by atoms with van der Waals surface area (Å²) in [5.74, 6) is -0.0474. The molecule has 1 aliphatic heterocycles. The van der Waals surface area contributed by atoms with Crippen LogP contribution in [0.15, 0.2) is 24.3 Å². The minimum Gasteiger partial charge on any atom is -0.497 e. The predicted molar refractivity (Wildman–Crippen MR) is 119 cm³/mol. The number of aromatic nitrogens is 2. The smallest absolute Gasteiger partial charge is 0.272 e. The topological polar surface area (TPSA) is 120 Å². The van der Waals surface area contributed by atoms with E-state index in [9.17, 15) is 18.0 Å².